The zero-order valence-corrected chi connectivity index (χ0v) is 13.1. The van der Waals surface area contributed by atoms with Crippen molar-refractivity contribution in [1.29, 1.82) is 0 Å². The Morgan fingerprint density at radius 1 is 1.32 bits per heavy atom. The van der Waals surface area contributed by atoms with E-state index in [2.05, 4.69) is 10.6 Å². The maximum Gasteiger partial charge on any atom is 0.314 e. The Balaban J connectivity index is 1.83. The molecule has 5 heteroatoms. The number of aliphatic hydroxyl groups is 1. The molecule has 0 saturated heterocycles. The first-order chi connectivity index (χ1) is 10.6. The molecule has 0 spiro atoms. The van der Waals surface area contributed by atoms with Crippen molar-refractivity contribution in [3.05, 3.63) is 35.6 Å². The molecule has 0 aromatic heterocycles. The third kappa shape index (κ3) is 4.19. The van der Waals surface area contributed by atoms with Crippen molar-refractivity contribution >= 4 is 6.03 Å². The number of rotatable bonds is 7. The lowest BCUT2D eigenvalue weighted by atomic mass is 9.64. The fourth-order valence-electron chi connectivity index (χ4n) is 2.88. The molecule has 1 atom stereocenters. The second-order valence-electron chi connectivity index (χ2n) is 6.32. The number of nitrogens with one attached hydrogen (secondary N) is 2. The fourth-order valence-corrected chi connectivity index (χ4v) is 2.88. The molecule has 4 nitrogen and oxygen atoms in total. The van der Waals surface area contributed by atoms with Crippen LogP contribution in [0, 0.1) is 11.7 Å². The van der Waals surface area contributed by atoms with Gasteiger partial charge in [-0.15, -0.1) is 0 Å². The predicted molar refractivity (Wildman–Crippen MR) is 84.2 cm³/mol. The summed E-state index contributed by atoms with van der Waals surface area (Å²) in [5, 5.41) is 14.6. The van der Waals surface area contributed by atoms with Gasteiger partial charge in [-0.25, -0.2) is 9.18 Å². The molecule has 3 N–H and O–H groups in total. The number of hydrogen-bond acceptors (Lipinski definition) is 2. The topological polar surface area (TPSA) is 61.4 Å². The first kappa shape index (κ1) is 16.7. The van der Waals surface area contributed by atoms with Gasteiger partial charge in [-0.3, -0.25) is 0 Å². The van der Waals surface area contributed by atoms with Crippen molar-refractivity contribution in [2.24, 2.45) is 5.92 Å². The summed E-state index contributed by atoms with van der Waals surface area (Å²) >= 11 is 0. The summed E-state index contributed by atoms with van der Waals surface area (Å²) in [5.74, 6) is 0.0207. The van der Waals surface area contributed by atoms with E-state index in [-0.39, 0.29) is 29.8 Å². The van der Waals surface area contributed by atoms with Crippen LogP contribution in [0.25, 0.3) is 0 Å². The number of carbonyl (C=O) groups excluding carboxylic acids is 1. The normalized spacial score (nSPS) is 17.4. The molecule has 1 aromatic rings. The van der Waals surface area contributed by atoms with Crippen molar-refractivity contribution in [3.63, 3.8) is 0 Å². The van der Waals surface area contributed by atoms with E-state index in [0.29, 0.717) is 19.5 Å². The summed E-state index contributed by atoms with van der Waals surface area (Å²) in [6, 6.07) is 6.41. The van der Waals surface area contributed by atoms with Gasteiger partial charge in [-0.05, 0) is 42.9 Å². The smallest absolute Gasteiger partial charge is 0.314 e. The van der Waals surface area contributed by atoms with Crippen molar-refractivity contribution in [3.8, 4) is 0 Å². The number of carbonyl (C=O) groups is 1. The number of aliphatic hydroxyl groups excluding tert-OH is 1. The molecular formula is C17H25FN2O2. The average molecular weight is 308 g/mol. The highest BCUT2D eigenvalue weighted by Gasteiger charge is 2.38. The highest BCUT2D eigenvalue weighted by atomic mass is 19.1. The zero-order valence-electron chi connectivity index (χ0n) is 13.1. The third-order valence-electron chi connectivity index (χ3n) is 4.59. The van der Waals surface area contributed by atoms with Gasteiger partial charge in [0.1, 0.15) is 5.82 Å². The first-order valence-corrected chi connectivity index (χ1v) is 7.94. The van der Waals surface area contributed by atoms with Crippen LogP contribution in [0.4, 0.5) is 9.18 Å². The molecule has 0 radical (unpaired) electrons. The molecule has 1 saturated carbocycles. The molecule has 1 fully saturated rings. The SMILES string of the molecule is CC(CCO)CNC(=O)NCC1(c2ccc(F)cc2)CCC1. The highest BCUT2D eigenvalue weighted by molar-refractivity contribution is 5.74. The van der Waals surface area contributed by atoms with E-state index < -0.39 is 0 Å². The Morgan fingerprint density at radius 3 is 2.55 bits per heavy atom. The Morgan fingerprint density at radius 2 is 2.00 bits per heavy atom. The summed E-state index contributed by atoms with van der Waals surface area (Å²) in [6.07, 6.45) is 3.84. The van der Waals surface area contributed by atoms with Gasteiger partial charge in [-0.1, -0.05) is 25.5 Å². The first-order valence-electron chi connectivity index (χ1n) is 7.94. The van der Waals surface area contributed by atoms with E-state index in [4.69, 9.17) is 5.11 Å². The minimum absolute atomic E-state index is 0.0538. The van der Waals surface area contributed by atoms with Crippen LogP contribution in [0.3, 0.4) is 0 Å². The van der Waals surface area contributed by atoms with Crippen molar-refractivity contribution < 1.29 is 14.3 Å². The van der Waals surface area contributed by atoms with Gasteiger partial charge in [0.25, 0.3) is 0 Å². The molecule has 22 heavy (non-hydrogen) atoms. The summed E-state index contributed by atoms with van der Waals surface area (Å²) in [4.78, 5) is 11.9. The lowest BCUT2D eigenvalue weighted by Crippen LogP contribution is -2.48. The van der Waals surface area contributed by atoms with E-state index in [0.717, 1.165) is 24.8 Å². The van der Waals surface area contributed by atoms with Crippen LogP contribution < -0.4 is 10.6 Å². The Hall–Kier alpha value is -1.62. The van der Waals surface area contributed by atoms with Crippen LogP contribution in [0.5, 0.6) is 0 Å². The van der Waals surface area contributed by atoms with Crippen LogP contribution in [-0.2, 0) is 5.41 Å². The van der Waals surface area contributed by atoms with Crippen molar-refractivity contribution in [2.75, 3.05) is 19.7 Å². The van der Waals surface area contributed by atoms with Crippen LogP contribution in [-0.4, -0.2) is 30.8 Å². The molecule has 0 heterocycles. The molecule has 122 valence electrons. The molecule has 1 aliphatic carbocycles. The number of urea groups is 1. The molecular weight excluding hydrogens is 283 g/mol. The minimum atomic E-state index is -0.234. The second-order valence-corrected chi connectivity index (χ2v) is 6.32. The third-order valence-corrected chi connectivity index (χ3v) is 4.59. The monoisotopic (exact) mass is 308 g/mol. The van der Waals surface area contributed by atoms with Crippen LogP contribution in [0.1, 0.15) is 38.2 Å². The molecule has 1 unspecified atom stereocenters. The number of benzene rings is 1. The lowest BCUT2D eigenvalue weighted by Gasteiger charge is -2.42. The van der Waals surface area contributed by atoms with Crippen LogP contribution in [0.2, 0.25) is 0 Å². The predicted octanol–water partition coefficient (Wildman–Crippen LogP) is 2.57. The molecule has 0 bridgehead atoms. The van der Waals surface area contributed by atoms with Gasteiger partial charge < -0.3 is 15.7 Å². The van der Waals surface area contributed by atoms with Gasteiger partial charge in [0.05, 0.1) is 0 Å². The van der Waals surface area contributed by atoms with E-state index in [9.17, 15) is 9.18 Å². The summed E-state index contributed by atoms with van der Waals surface area (Å²) in [6.45, 7) is 3.25. The van der Waals surface area contributed by atoms with Gasteiger partial charge in [0, 0.05) is 25.1 Å². The standard InChI is InChI=1S/C17H25FN2O2/c1-13(7-10-21)11-19-16(22)20-12-17(8-2-9-17)14-3-5-15(18)6-4-14/h3-6,13,21H,2,7-12H2,1H3,(H2,19,20,22). The summed E-state index contributed by atoms with van der Waals surface area (Å²) in [7, 11) is 0. The molecule has 1 aliphatic rings. The maximum absolute atomic E-state index is 13.1. The Labute approximate surface area is 131 Å². The zero-order chi connectivity index (χ0) is 16.0. The maximum atomic E-state index is 13.1. The van der Waals surface area contributed by atoms with Gasteiger partial charge in [0.15, 0.2) is 0 Å². The van der Waals surface area contributed by atoms with Gasteiger partial charge in [0.2, 0.25) is 0 Å². The average Bonchev–Trinajstić information content (AvgIpc) is 2.46. The number of hydrogen-bond donors (Lipinski definition) is 3. The van der Waals surface area contributed by atoms with E-state index >= 15 is 0 Å². The van der Waals surface area contributed by atoms with E-state index in [1.165, 1.54) is 12.1 Å². The summed E-state index contributed by atoms with van der Waals surface area (Å²) in [5.41, 5.74) is 1.04. The lowest BCUT2D eigenvalue weighted by molar-refractivity contribution is 0.212. The Kier molecular flexibility index (Phi) is 5.77. The molecule has 0 aliphatic heterocycles. The van der Waals surface area contributed by atoms with Crippen LogP contribution >= 0.6 is 0 Å². The fraction of sp³-hybridized carbons (Fsp3) is 0.588. The molecule has 2 rings (SSSR count). The van der Waals surface area contributed by atoms with E-state index in [1.807, 2.05) is 19.1 Å². The number of halogens is 1. The van der Waals surface area contributed by atoms with Crippen molar-refractivity contribution in [2.45, 2.75) is 38.0 Å². The highest BCUT2D eigenvalue weighted by Crippen LogP contribution is 2.43. The Bertz CT molecular complexity index is 486. The van der Waals surface area contributed by atoms with Crippen LogP contribution in [0.15, 0.2) is 24.3 Å². The molecule has 2 amide bonds. The minimum Gasteiger partial charge on any atom is -0.396 e. The second kappa shape index (κ2) is 7.58. The van der Waals surface area contributed by atoms with Gasteiger partial charge in [-0.2, -0.15) is 0 Å². The van der Waals surface area contributed by atoms with E-state index in [1.54, 1.807) is 0 Å². The number of amides is 2. The largest absolute Gasteiger partial charge is 0.396 e. The summed E-state index contributed by atoms with van der Waals surface area (Å²) < 4.78 is 13.1. The van der Waals surface area contributed by atoms with Gasteiger partial charge >= 0.3 is 6.03 Å². The molecule has 1 aromatic carbocycles. The quantitative estimate of drug-likeness (QED) is 0.725. The van der Waals surface area contributed by atoms with Crippen molar-refractivity contribution in [1.82, 2.24) is 10.6 Å².